The zero-order valence-electron chi connectivity index (χ0n) is 14.7. The summed E-state index contributed by atoms with van der Waals surface area (Å²) < 4.78 is 18.2. The van der Waals surface area contributed by atoms with Crippen molar-refractivity contribution in [3.8, 4) is 6.07 Å². The second-order valence-corrected chi connectivity index (χ2v) is 5.89. The van der Waals surface area contributed by atoms with Crippen molar-refractivity contribution in [3.05, 3.63) is 65.0 Å². The predicted molar refractivity (Wildman–Crippen MR) is 95.2 cm³/mol. The van der Waals surface area contributed by atoms with E-state index in [1.54, 1.807) is 0 Å². The van der Waals surface area contributed by atoms with Crippen LogP contribution in [0.4, 0.5) is 10.1 Å². The van der Waals surface area contributed by atoms with Crippen molar-refractivity contribution < 1.29 is 18.7 Å². The molecule has 26 heavy (non-hydrogen) atoms. The molecule has 6 heteroatoms. The quantitative estimate of drug-likeness (QED) is 0.744. The lowest BCUT2D eigenvalue weighted by molar-refractivity contribution is -0.121. The molecule has 0 unspecified atom stereocenters. The molecule has 0 saturated heterocycles. The molecule has 0 spiro atoms. The van der Waals surface area contributed by atoms with Gasteiger partial charge in [-0.3, -0.25) is 4.79 Å². The Morgan fingerprint density at radius 3 is 2.46 bits per heavy atom. The summed E-state index contributed by atoms with van der Waals surface area (Å²) in [5.41, 5.74) is 2.63. The largest absolute Gasteiger partial charge is 0.452 e. The maximum Gasteiger partial charge on any atom is 0.338 e. The van der Waals surface area contributed by atoms with Crippen LogP contribution in [0.2, 0.25) is 0 Å². The molecule has 2 aromatic rings. The number of esters is 1. The molecule has 2 rings (SSSR count). The first kappa shape index (κ1) is 19.1. The van der Waals surface area contributed by atoms with Gasteiger partial charge in [0.2, 0.25) is 0 Å². The summed E-state index contributed by atoms with van der Waals surface area (Å²) in [6, 6.07) is 12.7. The number of benzene rings is 2. The Morgan fingerprint density at radius 1 is 1.15 bits per heavy atom. The Hall–Kier alpha value is -3.20. The molecule has 0 aliphatic rings. The fourth-order valence-electron chi connectivity index (χ4n) is 2.57. The first-order chi connectivity index (χ1) is 12.4. The second-order valence-electron chi connectivity index (χ2n) is 5.89. The van der Waals surface area contributed by atoms with Gasteiger partial charge in [-0.1, -0.05) is 12.1 Å². The molecule has 0 atom stereocenters. The summed E-state index contributed by atoms with van der Waals surface area (Å²) in [6.45, 7) is 3.52. The van der Waals surface area contributed by atoms with Gasteiger partial charge in [0.25, 0.3) is 5.91 Å². The van der Waals surface area contributed by atoms with Gasteiger partial charge in [0.1, 0.15) is 5.82 Å². The Balaban J connectivity index is 2.11. The number of carbonyl (C=O) groups excluding carboxylic acids is 2. The fraction of sp³-hybridized carbons (Fsp3) is 0.250. The zero-order valence-corrected chi connectivity index (χ0v) is 14.7. The third-order valence-corrected chi connectivity index (χ3v) is 3.65. The number of halogens is 1. The monoisotopic (exact) mass is 354 g/mol. The minimum atomic E-state index is -0.779. The standard InChI is InChI=1S/C20H19FN2O3/c1-14-9-15(2)11-18(10-14)23(8-4-7-22)19(24)13-26-20(25)16-5-3-6-17(21)12-16/h3,5-6,9-12H,4,8,13H2,1-2H3. The third kappa shape index (κ3) is 5.15. The zero-order chi connectivity index (χ0) is 19.1. The number of hydrogen-bond acceptors (Lipinski definition) is 4. The van der Waals surface area contributed by atoms with Crippen molar-refractivity contribution >= 4 is 17.6 Å². The summed E-state index contributed by atoms with van der Waals surface area (Å²) in [4.78, 5) is 25.9. The van der Waals surface area contributed by atoms with Gasteiger partial charge in [-0.05, 0) is 55.3 Å². The van der Waals surface area contributed by atoms with E-state index in [1.165, 1.54) is 23.1 Å². The van der Waals surface area contributed by atoms with Crippen molar-refractivity contribution in [2.45, 2.75) is 20.3 Å². The average molecular weight is 354 g/mol. The molecule has 0 aliphatic heterocycles. The maximum atomic E-state index is 13.2. The highest BCUT2D eigenvalue weighted by Crippen LogP contribution is 2.19. The second kappa shape index (κ2) is 8.77. The van der Waals surface area contributed by atoms with Gasteiger partial charge in [0, 0.05) is 12.2 Å². The molecule has 0 aromatic heterocycles. The number of amides is 1. The lowest BCUT2D eigenvalue weighted by Crippen LogP contribution is -2.35. The van der Waals surface area contributed by atoms with Crippen LogP contribution in [-0.4, -0.2) is 25.0 Å². The van der Waals surface area contributed by atoms with Crippen molar-refractivity contribution in [3.63, 3.8) is 0 Å². The topological polar surface area (TPSA) is 70.4 Å². The van der Waals surface area contributed by atoms with Crippen LogP contribution < -0.4 is 4.90 Å². The highest BCUT2D eigenvalue weighted by molar-refractivity contribution is 5.97. The normalized spacial score (nSPS) is 10.1. The number of aryl methyl sites for hydroxylation is 2. The number of nitrogens with zero attached hydrogens (tertiary/aromatic N) is 2. The van der Waals surface area contributed by atoms with Crippen LogP contribution in [0.25, 0.3) is 0 Å². The Kier molecular flexibility index (Phi) is 6.45. The van der Waals surface area contributed by atoms with Gasteiger partial charge < -0.3 is 9.64 Å². The van der Waals surface area contributed by atoms with Crippen LogP contribution in [0.15, 0.2) is 42.5 Å². The van der Waals surface area contributed by atoms with E-state index in [0.717, 1.165) is 17.2 Å². The number of anilines is 1. The minimum Gasteiger partial charge on any atom is -0.452 e. The molecule has 0 bridgehead atoms. The van der Waals surface area contributed by atoms with Crippen LogP contribution in [-0.2, 0) is 9.53 Å². The first-order valence-corrected chi connectivity index (χ1v) is 8.09. The van der Waals surface area contributed by atoms with E-state index in [1.807, 2.05) is 38.1 Å². The lowest BCUT2D eigenvalue weighted by Gasteiger charge is -2.22. The molecule has 2 aromatic carbocycles. The van der Waals surface area contributed by atoms with Gasteiger partial charge >= 0.3 is 5.97 Å². The van der Waals surface area contributed by atoms with Crippen LogP contribution in [0.5, 0.6) is 0 Å². The smallest absolute Gasteiger partial charge is 0.338 e. The summed E-state index contributed by atoms with van der Waals surface area (Å²) in [5.74, 6) is -1.79. The molecular formula is C20H19FN2O3. The van der Waals surface area contributed by atoms with Crippen LogP contribution in [0.1, 0.15) is 27.9 Å². The van der Waals surface area contributed by atoms with Crippen LogP contribution in [0.3, 0.4) is 0 Å². The maximum absolute atomic E-state index is 13.2. The van der Waals surface area contributed by atoms with E-state index in [4.69, 9.17) is 10.00 Å². The first-order valence-electron chi connectivity index (χ1n) is 8.09. The molecule has 0 N–H and O–H groups in total. The van der Waals surface area contributed by atoms with E-state index in [9.17, 15) is 14.0 Å². The number of nitriles is 1. The fourth-order valence-corrected chi connectivity index (χ4v) is 2.57. The molecule has 1 amide bonds. The average Bonchev–Trinajstić information content (AvgIpc) is 2.59. The van der Waals surface area contributed by atoms with Crippen molar-refractivity contribution in [1.29, 1.82) is 5.26 Å². The van der Waals surface area contributed by atoms with E-state index in [0.29, 0.717) is 5.69 Å². The van der Waals surface area contributed by atoms with Crippen molar-refractivity contribution in [1.82, 2.24) is 0 Å². The predicted octanol–water partition coefficient (Wildman–Crippen LogP) is 3.55. The van der Waals surface area contributed by atoms with Gasteiger partial charge in [0.05, 0.1) is 18.1 Å². The van der Waals surface area contributed by atoms with E-state index >= 15 is 0 Å². The van der Waals surface area contributed by atoms with Gasteiger partial charge in [-0.15, -0.1) is 0 Å². The van der Waals surface area contributed by atoms with E-state index in [-0.39, 0.29) is 18.5 Å². The number of hydrogen-bond donors (Lipinski definition) is 0. The van der Waals surface area contributed by atoms with Crippen molar-refractivity contribution in [2.75, 3.05) is 18.1 Å². The molecule has 0 radical (unpaired) electrons. The summed E-state index contributed by atoms with van der Waals surface area (Å²) in [7, 11) is 0. The molecular weight excluding hydrogens is 335 g/mol. The molecule has 134 valence electrons. The van der Waals surface area contributed by atoms with Gasteiger partial charge in [-0.25, -0.2) is 9.18 Å². The SMILES string of the molecule is Cc1cc(C)cc(N(CCC#N)C(=O)COC(=O)c2cccc(F)c2)c1. The Morgan fingerprint density at radius 2 is 1.85 bits per heavy atom. The van der Waals surface area contributed by atoms with Crippen LogP contribution in [0, 0.1) is 31.0 Å². The van der Waals surface area contributed by atoms with E-state index in [2.05, 4.69) is 0 Å². The lowest BCUT2D eigenvalue weighted by atomic mass is 10.1. The summed E-state index contributed by atoms with van der Waals surface area (Å²) in [5, 5.41) is 8.84. The Labute approximate surface area is 151 Å². The number of rotatable bonds is 6. The van der Waals surface area contributed by atoms with Crippen LogP contribution >= 0.6 is 0 Å². The Bertz CT molecular complexity index is 838. The highest BCUT2D eigenvalue weighted by Gasteiger charge is 2.19. The summed E-state index contributed by atoms with van der Waals surface area (Å²) in [6.07, 6.45) is 0.149. The highest BCUT2D eigenvalue weighted by atomic mass is 19.1. The number of carbonyl (C=O) groups is 2. The van der Waals surface area contributed by atoms with E-state index < -0.39 is 24.3 Å². The summed E-state index contributed by atoms with van der Waals surface area (Å²) >= 11 is 0. The minimum absolute atomic E-state index is 0.0350. The molecule has 0 saturated carbocycles. The molecule has 0 heterocycles. The van der Waals surface area contributed by atoms with Gasteiger partial charge in [0.15, 0.2) is 6.61 Å². The molecule has 5 nitrogen and oxygen atoms in total. The molecule has 0 fully saturated rings. The number of ether oxygens (including phenoxy) is 1. The van der Waals surface area contributed by atoms with Gasteiger partial charge in [-0.2, -0.15) is 5.26 Å². The molecule has 0 aliphatic carbocycles. The third-order valence-electron chi connectivity index (χ3n) is 3.65. The van der Waals surface area contributed by atoms with Crippen molar-refractivity contribution in [2.24, 2.45) is 0 Å².